The summed E-state index contributed by atoms with van der Waals surface area (Å²) in [6, 6.07) is 15.4. The highest BCUT2D eigenvalue weighted by atomic mass is 32.2. The van der Waals surface area contributed by atoms with Crippen LogP contribution in [0.2, 0.25) is 0 Å². The predicted octanol–water partition coefficient (Wildman–Crippen LogP) is 3.21. The average molecular weight is 244 g/mol. The Kier molecular flexibility index (Phi) is 3.83. The maximum absolute atomic E-state index is 10.0. The Hall–Kier alpha value is -1.74. The maximum Gasteiger partial charge on any atom is 0.245 e. The minimum atomic E-state index is 0.261. The number of hydrogen-bond acceptors (Lipinski definition) is 2. The zero-order valence-electron chi connectivity index (χ0n) is 9.58. The van der Waals surface area contributed by atoms with Gasteiger partial charge >= 0.3 is 0 Å². The van der Waals surface area contributed by atoms with E-state index in [9.17, 15) is 5.11 Å². The summed E-state index contributed by atoms with van der Waals surface area (Å²) in [7, 11) is 0. The van der Waals surface area contributed by atoms with Gasteiger partial charge in [-0.25, -0.2) is 0 Å². The highest BCUT2D eigenvalue weighted by molar-refractivity contribution is 7.98. The smallest absolute Gasteiger partial charge is 0.245 e. The molecule has 0 amide bonds. The first-order valence-corrected chi connectivity index (χ1v) is 6.54. The summed E-state index contributed by atoms with van der Waals surface area (Å²) in [4.78, 5) is 0. The van der Waals surface area contributed by atoms with Gasteiger partial charge in [0.25, 0.3) is 0 Å². The first-order valence-electron chi connectivity index (χ1n) is 5.31. The first kappa shape index (κ1) is 11.7. The summed E-state index contributed by atoms with van der Waals surface area (Å²) in [6.45, 7) is 0. The lowest BCUT2D eigenvalue weighted by Gasteiger charge is -1.98. The first-order chi connectivity index (χ1) is 8.31. The van der Waals surface area contributed by atoms with E-state index in [-0.39, 0.29) is 5.76 Å². The Balaban J connectivity index is 2.36. The number of nitrogens with zero attached hydrogens (tertiary/aromatic N) is 1. The van der Waals surface area contributed by atoms with Gasteiger partial charge in [-0.3, -0.25) is 0 Å². The molecule has 0 fully saturated rings. The topological polar surface area (TPSA) is 24.1 Å². The molecule has 0 aliphatic rings. The van der Waals surface area contributed by atoms with Crippen LogP contribution in [0, 0.1) is 0 Å². The lowest BCUT2D eigenvalue weighted by Crippen LogP contribution is -2.28. The zero-order chi connectivity index (χ0) is 12.1. The molecule has 1 N–H and O–H groups in total. The summed E-state index contributed by atoms with van der Waals surface area (Å²) in [5, 5.41) is 11.1. The summed E-state index contributed by atoms with van der Waals surface area (Å²) in [5.41, 5.74) is 0.816. The molecular weight excluding hydrogens is 230 g/mol. The highest BCUT2D eigenvalue weighted by Crippen LogP contribution is 2.12. The van der Waals surface area contributed by atoms with E-state index in [1.807, 2.05) is 65.6 Å². The molecule has 0 atom stereocenters. The third-order valence-corrected chi connectivity index (χ3v) is 3.16. The van der Waals surface area contributed by atoms with E-state index in [4.69, 9.17) is 0 Å². The molecule has 0 saturated carbocycles. The van der Waals surface area contributed by atoms with Gasteiger partial charge in [0.05, 0.1) is 0 Å². The number of hydrogen-bond donors (Lipinski definition) is 1. The molecule has 0 aliphatic carbocycles. The third-order valence-electron chi connectivity index (χ3n) is 2.39. The van der Waals surface area contributed by atoms with Crippen molar-refractivity contribution in [3.05, 3.63) is 60.3 Å². The summed E-state index contributed by atoms with van der Waals surface area (Å²) < 4.78 is 1.91. The summed E-state index contributed by atoms with van der Waals surface area (Å²) in [5.74, 6) is 0.261. The van der Waals surface area contributed by atoms with Crippen LogP contribution in [0.1, 0.15) is 5.56 Å². The largest absolute Gasteiger partial charge is 0.502 e. The van der Waals surface area contributed by atoms with Crippen molar-refractivity contribution < 1.29 is 9.67 Å². The van der Waals surface area contributed by atoms with Gasteiger partial charge < -0.3 is 5.11 Å². The average Bonchev–Trinajstić information content (AvgIpc) is 2.40. The van der Waals surface area contributed by atoms with Crippen LogP contribution >= 0.6 is 11.8 Å². The van der Waals surface area contributed by atoms with Crippen LogP contribution in [-0.2, 0) is 0 Å². The van der Waals surface area contributed by atoms with E-state index >= 15 is 0 Å². The van der Waals surface area contributed by atoms with Gasteiger partial charge in [-0.05, 0) is 12.3 Å². The number of pyridine rings is 1. The summed E-state index contributed by atoms with van der Waals surface area (Å²) in [6.07, 6.45) is 5.66. The minimum Gasteiger partial charge on any atom is -0.502 e. The number of aliphatic hydroxyl groups excluding tert-OH is 1. The molecule has 0 unspecified atom stereocenters. The van der Waals surface area contributed by atoms with Gasteiger partial charge in [0.1, 0.15) is 0 Å². The minimum absolute atomic E-state index is 0.261. The van der Waals surface area contributed by atoms with Crippen LogP contribution in [-0.4, -0.2) is 11.4 Å². The number of benzene rings is 1. The zero-order valence-corrected chi connectivity index (χ0v) is 10.4. The second kappa shape index (κ2) is 5.55. The van der Waals surface area contributed by atoms with Crippen molar-refractivity contribution in [2.75, 3.05) is 6.26 Å². The molecule has 17 heavy (non-hydrogen) atoms. The molecule has 2 nitrogen and oxygen atoms in total. The van der Waals surface area contributed by atoms with E-state index in [1.165, 1.54) is 0 Å². The van der Waals surface area contributed by atoms with Gasteiger partial charge in [-0.2, -0.15) is 4.57 Å². The van der Waals surface area contributed by atoms with E-state index < -0.39 is 0 Å². The van der Waals surface area contributed by atoms with Crippen LogP contribution < -0.4 is 4.57 Å². The Morgan fingerprint density at radius 2 is 1.82 bits per heavy atom. The number of rotatable bonds is 3. The molecule has 1 aromatic carbocycles. The second-order valence-corrected chi connectivity index (χ2v) is 4.36. The van der Waals surface area contributed by atoms with Crippen LogP contribution in [0.4, 0.5) is 0 Å². The van der Waals surface area contributed by atoms with E-state index in [1.54, 1.807) is 18.0 Å². The fourth-order valence-electron chi connectivity index (χ4n) is 1.54. The van der Waals surface area contributed by atoms with Crippen LogP contribution in [0.15, 0.2) is 59.8 Å². The molecule has 0 bridgehead atoms. The SMILES string of the molecule is CSc1cccc[n+]1/C=C(\O)c1ccccc1. The number of thioether (sulfide) groups is 1. The van der Waals surface area contributed by atoms with Gasteiger partial charge in [0.2, 0.25) is 11.2 Å². The lowest BCUT2D eigenvalue weighted by molar-refractivity contribution is -0.609. The Morgan fingerprint density at radius 1 is 1.12 bits per heavy atom. The molecule has 2 rings (SSSR count). The van der Waals surface area contributed by atoms with Crippen molar-refractivity contribution in [1.29, 1.82) is 0 Å². The van der Waals surface area contributed by atoms with E-state index in [2.05, 4.69) is 0 Å². The normalized spacial score (nSPS) is 11.5. The fraction of sp³-hybridized carbons (Fsp3) is 0.0714. The Morgan fingerprint density at radius 3 is 2.53 bits per heavy atom. The van der Waals surface area contributed by atoms with Gasteiger partial charge in [-0.15, -0.1) is 0 Å². The van der Waals surface area contributed by atoms with Crippen LogP contribution in [0.25, 0.3) is 12.0 Å². The van der Waals surface area contributed by atoms with Gasteiger partial charge in [0, 0.05) is 17.7 Å². The van der Waals surface area contributed by atoms with Crippen LogP contribution in [0.3, 0.4) is 0 Å². The third kappa shape index (κ3) is 2.88. The van der Waals surface area contributed by atoms with Crippen molar-refractivity contribution >= 4 is 23.7 Å². The fourth-order valence-corrected chi connectivity index (χ4v) is 2.07. The van der Waals surface area contributed by atoms with Crippen molar-refractivity contribution in [2.24, 2.45) is 0 Å². The van der Waals surface area contributed by atoms with Gasteiger partial charge in [0.15, 0.2) is 12.0 Å². The molecule has 2 aromatic rings. The lowest BCUT2D eigenvalue weighted by atomic mass is 10.2. The second-order valence-electron chi connectivity index (χ2n) is 3.53. The quantitative estimate of drug-likeness (QED) is 0.509. The molecule has 0 spiro atoms. The number of aliphatic hydroxyl groups is 1. The monoisotopic (exact) mass is 244 g/mol. The van der Waals surface area contributed by atoms with Gasteiger partial charge in [-0.1, -0.05) is 42.1 Å². The maximum atomic E-state index is 10.0. The van der Waals surface area contributed by atoms with E-state index in [0.29, 0.717) is 0 Å². The molecule has 0 saturated heterocycles. The molecular formula is C14H14NOS+. The van der Waals surface area contributed by atoms with Crippen molar-refractivity contribution in [2.45, 2.75) is 5.03 Å². The van der Waals surface area contributed by atoms with Crippen molar-refractivity contribution in [1.82, 2.24) is 0 Å². The van der Waals surface area contributed by atoms with Crippen molar-refractivity contribution in [3.8, 4) is 0 Å². The van der Waals surface area contributed by atoms with Crippen LogP contribution in [0.5, 0.6) is 0 Å². The number of aromatic nitrogens is 1. The highest BCUT2D eigenvalue weighted by Gasteiger charge is 2.08. The molecule has 1 aromatic heterocycles. The Labute approximate surface area is 105 Å². The predicted molar refractivity (Wildman–Crippen MR) is 71.7 cm³/mol. The molecule has 1 heterocycles. The Bertz CT molecular complexity index is 523. The van der Waals surface area contributed by atoms with Crippen molar-refractivity contribution in [3.63, 3.8) is 0 Å². The van der Waals surface area contributed by atoms with E-state index in [0.717, 1.165) is 10.6 Å². The molecule has 3 heteroatoms. The summed E-state index contributed by atoms with van der Waals surface area (Å²) >= 11 is 1.64. The standard InChI is InChI=1S/C14H13NOS/c1-17-14-9-5-6-10-15(14)11-13(16)12-7-3-2-4-8-12/h2-11H,1H3/p+1/b13-11-. The molecule has 0 aliphatic heterocycles. The molecule has 86 valence electrons. The molecule has 0 radical (unpaired) electrons.